The summed E-state index contributed by atoms with van der Waals surface area (Å²) in [5, 5.41) is 27.7. The van der Waals surface area contributed by atoms with Crippen molar-refractivity contribution in [1.29, 1.82) is 0 Å². The molecule has 0 N–H and O–H groups in total. The molecule has 0 radical (unpaired) electrons. The van der Waals surface area contributed by atoms with Gasteiger partial charge >= 0.3 is 0 Å². The molecular formula is C96H56N2S2. The molecule has 21 aromatic rings. The van der Waals surface area contributed by atoms with Crippen molar-refractivity contribution in [2.24, 2.45) is 0 Å². The third-order valence-electron chi connectivity index (χ3n) is 21.1. The van der Waals surface area contributed by atoms with Crippen molar-refractivity contribution in [2.75, 3.05) is 0 Å². The van der Waals surface area contributed by atoms with Crippen LogP contribution in [-0.2, 0) is 0 Å². The lowest BCUT2D eigenvalue weighted by molar-refractivity contribution is 1.48. The van der Waals surface area contributed by atoms with Gasteiger partial charge in [0.15, 0.2) is 0 Å². The molecule has 1 aliphatic carbocycles. The summed E-state index contributed by atoms with van der Waals surface area (Å²) in [6.45, 7) is 0. The van der Waals surface area contributed by atoms with E-state index in [1.807, 2.05) is 0 Å². The van der Waals surface area contributed by atoms with Gasteiger partial charge in [-0.1, -0.05) is 309 Å². The highest BCUT2D eigenvalue weighted by molar-refractivity contribution is 7.23. The second-order valence-electron chi connectivity index (χ2n) is 26.5. The van der Waals surface area contributed by atoms with Gasteiger partial charge in [0.05, 0.1) is 20.4 Å². The standard InChI is InChI=1S/C49H29NS.C47H27NS/c1-2-10-31(11-3-1)49-50-46-27-22-30-18-19-33-28-32(20-23-37(33)47(30)48(46)51-49)35-25-26-36(39-13-5-4-12-38(35)39)34-21-24-44-42-16-7-6-14-40(42)41-15-8-9-17-43(41)45(44)29-34;1-2-9-29(10-3-1)47-48-43-26-20-28-17-18-31-27-30(19-21-33(31)44(28)46(43)49-47)32-22-23-38(35-12-5-4-11-34(32)35)39-24-25-42-37-14-7-6-13-36(37)40-15-8-16-41(39)45(40)42/h1-29H;1-27H. The van der Waals surface area contributed by atoms with E-state index >= 15 is 0 Å². The fourth-order valence-electron chi connectivity index (χ4n) is 16.5. The minimum Gasteiger partial charge on any atom is -0.236 e. The van der Waals surface area contributed by atoms with Gasteiger partial charge in [0.25, 0.3) is 0 Å². The van der Waals surface area contributed by atoms with Gasteiger partial charge in [-0.25, -0.2) is 9.97 Å². The lowest BCUT2D eigenvalue weighted by atomic mass is 9.88. The predicted molar refractivity (Wildman–Crippen MR) is 431 cm³/mol. The maximum absolute atomic E-state index is 5.04. The molecule has 2 aromatic heterocycles. The van der Waals surface area contributed by atoms with E-state index in [0.717, 1.165) is 32.2 Å². The summed E-state index contributed by atoms with van der Waals surface area (Å²) < 4.78 is 2.49. The van der Waals surface area contributed by atoms with Crippen molar-refractivity contribution in [3.05, 3.63) is 340 Å². The molecule has 0 atom stereocenters. The summed E-state index contributed by atoms with van der Waals surface area (Å²) in [6, 6.07) is 125. The Hall–Kier alpha value is -12.4. The maximum Gasteiger partial charge on any atom is 0.124 e. The summed E-state index contributed by atoms with van der Waals surface area (Å²) in [5.74, 6) is 0. The van der Waals surface area contributed by atoms with Crippen LogP contribution in [-0.4, -0.2) is 9.97 Å². The molecule has 0 fully saturated rings. The number of rotatable bonds is 6. The van der Waals surface area contributed by atoms with Crippen molar-refractivity contribution < 1.29 is 0 Å². The molecule has 1 aliphatic rings. The number of nitrogens with zero attached hydrogens (tertiary/aromatic N) is 2. The lowest BCUT2D eigenvalue weighted by Gasteiger charge is -2.15. The summed E-state index contributed by atoms with van der Waals surface area (Å²) in [7, 11) is 0. The van der Waals surface area contributed by atoms with E-state index in [9.17, 15) is 0 Å². The SMILES string of the molecule is c1ccc(-c2nc3ccc4ccc5cc(-c6ccc(-c7ccc8c9c(cccc79)-c7ccccc7-8)c7ccccc67)ccc5c4c3s2)cc1.c1ccc(-c2nc3ccc4ccc5cc(-c6ccc(-c7ccc8c9ccccc9c9ccccc9c8c7)c7ccccc67)ccc5c4c3s2)cc1. The molecule has 22 rings (SSSR count). The van der Waals surface area contributed by atoms with Crippen LogP contribution >= 0.6 is 22.7 Å². The Balaban J connectivity index is 0.000000131. The number of hydrogen-bond acceptors (Lipinski definition) is 4. The number of fused-ring (bicyclic) bond motifs is 21. The molecule has 19 aromatic carbocycles. The summed E-state index contributed by atoms with van der Waals surface area (Å²) in [6.07, 6.45) is 0. The van der Waals surface area contributed by atoms with Crippen LogP contribution in [0.25, 0.3) is 216 Å². The predicted octanol–water partition coefficient (Wildman–Crippen LogP) is 27.8. The molecule has 4 heteroatoms. The number of hydrogen-bond donors (Lipinski definition) is 0. The van der Waals surface area contributed by atoms with Crippen LogP contribution in [0.5, 0.6) is 0 Å². The topological polar surface area (TPSA) is 25.8 Å². The summed E-state index contributed by atoms with van der Waals surface area (Å²) in [4.78, 5) is 10.1. The van der Waals surface area contributed by atoms with E-state index < -0.39 is 0 Å². The molecular weight excluding hydrogens is 1250 g/mol. The van der Waals surface area contributed by atoms with Crippen molar-refractivity contribution in [2.45, 2.75) is 0 Å². The second kappa shape index (κ2) is 22.6. The minimum absolute atomic E-state index is 1.05. The van der Waals surface area contributed by atoms with Crippen LogP contribution in [0, 0.1) is 0 Å². The van der Waals surface area contributed by atoms with E-state index in [0.29, 0.717) is 0 Å². The molecule has 0 unspecified atom stereocenters. The normalized spacial score (nSPS) is 12.0. The monoisotopic (exact) mass is 1300 g/mol. The Morgan fingerprint density at radius 3 is 0.990 bits per heavy atom. The molecule has 2 nitrogen and oxygen atoms in total. The number of aromatic nitrogens is 2. The van der Waals surface area contributed by atoms with Crippen LogP contribution < -0.4 is 0 Å². The molecule has 462 valence electrons. The molecule has 0 bridgehead atoms. The average Bonchev–Trinajstić information content (AvgIpc) is 1.49. The zero-order valence-corrected chi connectivity index (χ0v) is 55.7. The van der Waals surface area contributed by atoms with Crippen LogP contribution in [0.15, 0.2) is 340 Å². The molecule has 0 saturated heterocycles. The molecule has 0 spiro atoms. The van der Waals surface area contributed by atoms with E-state index in [4.69, 9.17) is 9.97 Å². The fraction of sp³-hybridized carbons (Fsp3) is 0. The zero-order chi connectivity index (χ0) is 65.5. The molecule has 0 amide bonds. The molecule has 0 aliphatic heterocycles. The van der Waals surface area contributed by atoms with Gasteiger partial charge in [0.2, 0.25) is 0 Å². The third kappa shape index (κ3) is 8.87. The summed E-state index contributed by atoms with van der Waals surface area (Å²) >= 11 is 3.58. The molecule has 100 heavy (non-hydrogen) atoms. The van der Waals surface area contributed by atoms with Gasteiger partial charge in [-0.15, -0.1) is 22.7 Å². The first kappa shape index (κ1) is 56.7. The van der Waals surface area contributed by atoms with Crippen molar-refractivity contribution in [1.82, 2.24) is 9.97 Å². The molecule has 0 saturated carbocycles. The highest BCUT2D eigenvalue weighted by Gasteiger charge is 2.24. The van der Waals surface area contributed by atoms with Gasteiger partial charge in [0, 0.05) is 21.9 Å². The van der Waals surface area contributed by atoms with E-state index in [1.54, 1.807) is 22.7 Å². The van der Waals surface area contributed by atoms with Gasteiger partial charge < -0.3 is 0 Å². The first-order chi connectivity index (χ1) is 49.6. The fourth-order valence-corrected chi connectivity index (χ4v) is 18.8. The van der Waals surface area contributed by atoms with E-state index in [1.165, 1.54) is 184 Å². The first-order valence-electron chi connectivity index (χ1n) is 34.3. The molecule has 2 heterocycles. The van der Waals surface area contributed by atoms with Crippen molar-refractivity contribution >= 4 is 151 Å². The average molecular weight is 1300 g/mol. The maximum atomic E-state index is 5.04. The van der Waals surface area contributed by atoms with Crippen LogP contribution in [0.3, 0.4) is 0 Å². The van der Waals surface area contributed by atoms with Crippen LogP contribution in [0.1, 0.15) is 0 Å². The van der Waals surface area contributed by atoms with Gasteiger partial charge in [-0.05, 0) is 194 Å². The Bertz CT molecular complexity index is 6960. The second-order valence-corrected chi connectivity index (χ2v) is 28.5. The van der Waals surface area contributed by atoms with Gasteiger partial charge in [-0.2, -0.15) is 0 Å². The van der Waals surface area contributed by atoms with Gasteiger partial charge in [-0.3, -0.25) is 0 Å². The van der Waals surface area contributed by atoms with Crippen LogP contribution in [0.4, 0.5) is 0 Å². The third-order valence-corrected chi connectivity index (χ3v) is 23.4. The lowest BCUT2D eigenvalue weighted by Crippen LogP contribution is -1.88. The summed E-state index contributed by atoms with van der Waals surface area (Å²) in [5.41, 5.74) is 19.8. The highest BCUT2D eigenvalue weighted by Crippen LogP contribution is 2.51. The Labute approximate surface area is 584 Å². The Kier molecular flexibility index (Phi) is 12.8. The van der Waals surface area contributed by atoms with Crippen molar-refractivity contribution in [3.63, 3.8) is 0 Å². The quantitative estimate of drug-likeness (QED) is 0.155. The number of thiazole rings is 2. The zero-order valence-electron chi connectivity index (χ0n) is 54.0. The Morgan fingerprint density at radius 1 is 0.170 bits per heavy atom. The largest absolute Gasteiger partial charge is 0.236 e. The van der Waals surface area contributed by atoms with E-state index in [-0.39, 0.29) is 0 Å². The highest BCUT2D eigenvalue weighted by atomic mass is 32.1. The Morgan fingerprint density at radius 2 is 0.500 bits per heavy atom. The van der Waals surface area contributed by atoms with Crippen LogP contribution in [0.2, 0.25) is 0 Å². The van der Waals surface area contributed by atoms with E-state index in [2.05, 4.69) is 340 Å². The van der Waals surface area contributed by atoms with Crippen molar-refractivity contribution in [3.8, 4) is 87.9 Å². The first-order valence-corrected chi connectivity index (χ1v) is 35.9. The number of benzene rings is 19. The minimum atomic E-state index is 1.05. The smallest absolute Gasteiger partial charge is 0.124 e. The van der Waals surface area contributed by atoms with Gasteiger partial charge in [0.1, 0.15) is 10.0 Å².